The van der Waals surface area contributed by atoms with Gasteiger partial charge in [-0.2, -0.15) is 0 Å². The van der Waals surface area contributed by atoms with Crippen molar-refractivity contribution in [3.8, 4) is 11.1 Å². The number of hydrogen-bond acceptors (Lipinski definition) is 2. The van der Waals surface area contributed by atoms with Crippen molar-refractivity contribution in [1.29, 1.82) is 0 Å². The Balaban J connectivity index is 2.49. The molecule has 0 amide bonds. The summed E-state index contributed by atoms with van der Waals surface area (Å²) in [6.07, 6.45) is 0. The van der Waals surface area contributed by atoms with Gasteiger partial charge in [-0.3, -0.25) is 4.21 Å². The van der Waals surface area contributed by atoms with E-state index >= 15 is 0 Å². The lowest BCUT2D eigenvalue weighted by Crippen LogP contribution is -1.90. The number of rotatable bonds is 2. The predicted octanol–water partition coefficient (Wildman–Crippen LogP) is 2.87. The Morgan fingerprint density at radius 1 is 0.941 bits per heavy atom. The van der Waals surface area contributed by atoms with Gasteiger partial charge in [-0.1, -0.05) is 18.2 Å². The van der Waals surface area contributed by atoms with Crippen LogP contribution in [0.15, 0.2) is 47.4 Å². The maximum Gasteiger partial charge on any atom is 0.159 e. The van der Waals surface area contributed by atoms with E-state index in [4.69, 9.17) is 0 Å². The van der Waals surface area contributed by atoms with Crippen LogP contribution in [0.2, 0.25) is 0 Å². The van der Waals surface area contributed by atoms with E-state index in [1.165, 1.54) is 18.2 Å². The largest absolute Gasteiger partial charge is 0.768 e. The Morgan fingerprint density at radius 3 is 2.29 bits per heavy atom. The molecule has 0 N–H and O–H groups in total. The third kappa shape index (κ3) is 2.57. The third-order valence-corrected chi connectivity index (χ3v) is 2.92. The van der Waals surface area contributed by atoms with Crippen molar-refractivity contribution < 1.29 is 17.5 Å². The van der Waals surface area contributed by atoms with Gasteiger partial charge in [-0.15, -0.1) is 0 Å². The summed E-state index contributed by atoms with van der Waals surface area (Å²) in [4.78, 5) is 0.104. The van der Waals surface area contributed by atoms with Gasteiger partial charge in [0.05, 0.1) is 0 Å². The van der Waals surface area contributed by atoms with E-state index < -0.39 is 22.7 Å². The van der Waals surface area contributed by atoms with Crippen molar-refractivity contribution >= 4 is 11.1 Å². The zero-order valence-electron chi connectivity index (χ0n) is 8.52. The highest BCUT2D eigenvalue weighted by Gasteiger charge is 2.05. The van der Waals surface area contributed by atoms with Crippen LogP contribution in [0.3, 0.4) is 0 Å². The monoisotopic (exact) mass is 253 g/mol. The first-order valence-corrected chi connectivity index (χ1v) is 5.80. The quantitative estimate of drug-likeness (QED) is 0.772. The Hall–Kier alpha value is -1.59. The van der Waals surface area contributed by atoms with E-state index in [1.54, 1.807) is 12.1 Å². The number of hydrogen-bond donors (Lipinski definition) is 0. The van der Waals surface area contributed by atoms with Gasteiger partial charge in [0, 0.05) is 4.90 Å². The summed E-state index contributed by atoms with van der Waals surface area (Å²) in [7, 11) is 0. The van der Waals surface area contributed by atoms with Crippen molar-refractivity contribution in [2.75, 3.05) is 0 Å². The minimum Gasteiger partial charge on any atom is -0.768 e. The van der Waals surface area contributed by atoms with E-state index in [2.05, 4.69) is 0 Å². The average molecular weight is 253 g/mol. The van der Waals surface area contributed by atoms with Gasteiger partial charge in [-0.25, -0.2) is 8.78 Å². The molecule has 0 saturated heterocycles. The highest BCUT2D eigenvalue weighted by Crippen LogP contribution is 2.23. The van der Waals surface area contributed by atoms with Crippen molar-refractivity contribution in [1.82, 2.24) is 0 Å². The van der Waals surface area contributed by atoms with Gasteiger partial charge < -0.3 is 4.55 Å². The van der Waals surface area contributed by atoms with Gasteiger partial charge in [0.25, 0.3) is 0 Å². The summed E-state index contributed by atoms with van der Waals surface area (Å²) in [6, 6.07) is 9.42. The molecule has 0 aliphatic carbocycles. The van der Waals surface area contributed by atoms with Crippen molar-refractivity contribution in [2.45, 2.75) is 4.90 Å². The summed E-state index contributed by atoms with van der Waals surface area (Å²) in [5, 5.41) is 0. The molecule has 0 heterocycles. The fourth-order valence-electron chi connectivity index (χ4n) is 1.46. The molecule has 0 bridgehead atoms. The van der Waals surface area contributed by atoms with Crippen LogP contribution < -0.4 is 0 Å². The smallest absolute Gasteiger partial charge is 0.159 e. The van der Waals surface area contributed by atoms with E-state index in [0.29, 0.717) is 11.1 Å². The van der Waals surface area contributed by atoms with Crippen LogP contribution in [-0.2, 0) is 11.1 Å². The van der Waals surface area contributed by atoms with Crippen molar-refractivity contribution in [2.24, 2.45) is 0 Å². The van der Waals surface area contributed by atoms with Crippen LogP contribution in [0.5, 0.6) is 0 Å². The Labute approximate surface area is 99.2 Å². The topological polar surface area (TPSA) is 40.1 Å². The fraction of sp³-hybridized carbons (Fsp3) is 0. The minimum absolute atomic E-state index is 0.104. The summed E-state index contributed by atoms with van der Waals surface area (Å²) >= 11 is -2.34. The SMILES string of the molecule is O=S([O-])c1cccc(-c2ccc(F)c(F)c2)c1. The first-order valence-electron chi connectivity index (χ1n) is 4.72. The highest BCUT2D eigenvalue weighted by atomic mass is 32.2. The van der Waals surface area contributed by atoms with E-state index in [0.717, 1.165) is 12.1 Å². The van der Waals surface area contributed by atoms with Crippen LogP contribution in [0.25, 0.3) is 11.1 Å². The lowest BCUT2D eigenvalue weighted by Gasteiger charge is -2.08. The van der Waals surface area contributed by atoms with Crippen LogP contribution in [-0.4, -0.2) is 8.76 Å². The molecule has 2 aromatic carbocycles. The van der Waals surface area contributed by atoms with Gasteiger partial charge >= 0.3 is 0 Å². The Morgan fingerprint density at radius 2 is 1.65 bits per heavy atom. The maximum absolute atomic E-state index is 13.0. The second kappa shape index (κ2) is 4.73. The Kier molecular flexibility index (Phi) is 3.31. The summed E-state index contributed by atoms with van der Waals surface area (Å²) in [5.74, 6) is -1.89. The molecule has 2 nitrogen and oxygen atoms in total. The summed E-state index contributed by atoms with van der Waals surface area (Å²) in [6.45, 7) is 0. The standard InChI is InChI=1S/C12H8F2O2S/c13-11-5-4-9(7-12(11)14)8-2-1-3-10(6-8)17(15)16/h1-7H,(H,15,16)/p-1. The van der Waals surface area contributed by atoms with Crippen molar-refractivity contribution in [3.63, 3.8) is 0 Å². The molecule has 2 rings (SSSR count). The molecular formula is C12H7F2O2S-. The molecule has 1 atom stereocenters. The van der Waals surface area contributed by atoms with E-state index in [-0.39, 0.29) is 4.90 Å². The zero-order valence-corrected chi connectivity index (χ0v) is 9.34. The lowest BCUT2D eigenvalue weighted by molar-refractivity contribution is 0.509. The van der Waals surface area contributed by atoms with Crippen LogP contribution in [0.4, 0.5) is 8.78 Å². The second-order valence-electron chi connectivity index (χ2n) is 3.39. The van der Waals surface area contributed by atoms with Gasteiger partial charge in [-0.05, 0) is 46.5 Å². The van der Waals surface area contributed by atoms with E-state index in [1.807, 2.05) is 0 Å². The average Bonchev–Trinajstić information content (AvgIpc) is 2.33. The molecule has 0 saturated carbocycles. The van der Waals surface area contributed by atoms with Gasteiger partial charge in [0.1, 0.15) is 0 Å². The van der Waals surface area contributed by atoms with Gasteiger partial charge in [0.2, 0.25) is 0 Å². The maximum atomic E-state index is 13.0. The molecule has 0 radical (unpaired) electrons. The fourth-order valence-corrected chi connectivity index (χ4v) is 1.87. The van der Waals surface area contributed by atoms with Crippen LogP contribution in [0.1, 0.15) is 0 Å². The molecule has 5 heteroatoms. The molecule has 17 heavy (non-hydrogen) atoms. The molecule has 0 aliphatic rings. The normalized spacial score (nSPS) is 12.4. The number of halogens is 2. The Bertz CT molecular complexity index is 584. The second-order valence-corrected chi connectivity index (χ2v) is 4.33. The van der Waals surface area contributed by atoms with Crippen molar-refractivity contribution in [3.05, 3.63) is 54.1 Å². The molecule has 0 aliphatic heterocycles. The lowest BCUT2D eigenvalue weighted by atomic mass is 10.1. The van der Waals surface area contributed by atoms with Crippen LogP contribution in [0, 0.1) is 11.6 Å². The molecule has 88 valence electrons. The highest BCUT2D eigenvalue weighted by molar-refractivity contribution is 7.79. The molecular weight excluding hydrogens is 246 g/mol. The molecule has 1 unspecified atom stereocenters. The minimum atomic E-state index is -2.34. The zero-order chi connectivity index (χ0) is 12.4. The summed E-state index contributed by atoms with van der Waals surface area (Å²) in [5.41, 5.74) is 0.946. The first kappa shape index (κ1) is 11.9. The summed E-state index contributed by atoms with van der Waals surface area (Å²) < 4.78 is 47.3. The molecule has 0 fully saturated rings. The van der Waals surface area contributed by atoms with Crippen LogP contribution >= 0.6 is 0 Å². The molecule has 0 spiro atoms. The number of benzene rings is 2. The predicted molar refractivity (Wildman–Crippen MR) is 59.0 cm³/mol. The molecule has 2 aromatic rings. The third-order valence-electron chi connectivity index (χ3n) is 2.28. The van der Waals surface area contributed by atoms with Gasteiger partial charge in [0.15, 0.2) is 11.6 Å². The molecule has 0 aromatic heterocycles. The first-order chi connectivity index (χ1) is 8.08. The van der Waals surface area contributed by atoms with E-state index in [9.17, 15) is 17.5 Å².